The summed E-state index contributed by atoms with van der Waals surface area (Å²) in [7, 11) is 1.99. The smallest absolute Gasteiger partial charge is 0.116 e. The molecule has 0 amide bonds. The molecule has 19 heavy (non-hydrogen) atoms. The summed E-state index contributed by atoms with van der Waals surface area (Å²) in [5.41, 5.74) is 3.44. The monoisotopic (exact) mass is 269 g/mol. The molecule has 1 atom stereocenters. The summed E-state index contributed by atoms with van der Waals surface area (Å²) < 4.78 is 1.19. The van der Waals surface area contributed by atoms with Crippen molar-refractivity contribution in [2.24, 2.45) is 0 Å². The van der Waals surface area contributed by atoms with Gasteiger partial charge in [0.1, 0.15) is 6.33 Å². The van der Waals surface area contributed by atoms with Crippen molar-refractivity contribution < 1.29 is 0 Å². The van der Waals surface area contributed by atoms with Crippen LogP contribution in [-0.4, -0.2) is 17.0 Å². The molecule has 1 aromatic carbocycles. The first kappa shape index (κ1) is 12.3. The van der Waals surface area contributed by atoms with E-state index in [0.717, 1.165) is 17.6 Å². The first-order valence-electron chi connectivity index (χ1n) is 6.28. The maximum absolute atomic E-state index is 4.45. The van der Waals surface area contributed by atoms with Gasteiger partial charge in [-0.1, -0.05) is 30.3 Å². The zero-order valence-corrected chi connectivity index (χ0v) is 11.5. The van der Waals surface area contributed by atoms with Crippen molar-refractivity contribution in [2.75, 3.05) is 7.05 Å². The Morgan fingerprint density at radius 3 is 2.79 bits per heavy atom. The summed E-state index contributed by atoms with van der Waals surface area (Å²) in [4.78, 5) is 8.74. The van der Waals surface area contributed by atoms with Gasteiger partial charge in [0.2, 0.25) is 0 Å². The second kappa shape index (κ2) is 5.47. The van der Waals surface area contributed by atoms with Gasteiger partial charge < -0.3 is 5.32 Å². The number of hydrogen-bond donors (Lipinski definition) is 1. The van der Waals surface area contributed by atoms with E-state index in [1.165, 1.54) is 10.3 Å². The van der Waals surface area contributed by atoms with E-state index < -0.39 is 0 Å². The molecule has 0 saturated carbocycles. The molecule has 0 spiro atoms. The fourth-order valence-electron chi connectivity index (χ4n) is 2.25. The number of aromatic nitrogens is 2. The van der Waals surface area contributed by atoms with Crippen LogP contribution in [-0.2, 0) is 6.42 Å². The molecule has 0 aliphatic heterocycles. The molecule has 2 heterocycles. The van der Waals surface area contributed by atoms with Gasteiger partial charge in [-0.25, -0.2) is 9.97 Å². The third-order valence-corrected chi connectivity index (χ3v) is 4.22. The predicted octanol–water partition coefficient (Wildman–Crippen LogP) is 3.19. The van der Waals surface area contributed by atoms with E-state index in [1.807, 2.05) is 19.2 Å². The molecule has 4 heteroatoms. The summed E-state index contributed by atoms with van der Waals surface area (Å²) in [6.45, 7) is 0. The molecular weight excluding hydrogens is 254 g/mol. The molecule has 3 nitrogen and oxygen atoms in total. The van der Waals surface area contributed by atoms with Crippen LogP contribution in [0.3, 0.4) is 0 Å². The van der Waals surface area contributed by atoms with Crippen LogP contribution >= 0.6 is 11.3 Å². The Morgan fingerprint density at radius 2 is 2.00 bits per heavy atom. The number of nitrogens with one attached hydrogen (secondary N) is 1. The topological polar surface area (TPSA) is 37.8 Å². The van der Waals surface area contributed by atoms with Gasteiger partial charge in [0.25, 0.3) is 0 Å². The SMILES string of the molecule is CNC(Cc1ncnc2ccsc12)c1ccccc1. The molecule has 3 aromatic rings. The first-order valence-corrected chi connectivity index (χ1v) is 7.15. The van der Waals surface area contributed by atoms with Crippen LogP contribution in [0.5, 0.6) is 0 Å². The van der Waals surface area contributed by atoms with Crippen molar-refractivity contribution in [1.29, 1.82) is 0 Å². The van der Waals surface area contributed by atoms with E-state index in [0.29, 0.717) is 0 Å². The molecule has 0 aliphatic rings. The maximum atomic E-state index is 4.45. The third kappa shape index (κ3) is 2.50. The lowest BCUT2D eigenvalue weighted by Crippen LogP contribution is -2.19. The summed E-state index contributed by atoms with van der Waals surface area (Å²) in [5, 5.41) is 5.44. The van der Waals surface area contributed by atoms with E-state index >= 15 is 0 Å². The Labute approximate surface area is 116 Å². The van der Waals surface area contributed by atoms with Crippen LogP contribution < -0.4 is 5.32 Å². The molecule has 2 aromatic heterocycles. The number of fused-ring (bicyclic) bond motifs is 1. The van der Waals surface area contributed by atoms with Crippen LogP contribution in [0, 0.1) is 0 Å². The largest absolute Gasteiger partial charge is 0.313 e. The highest BCUT2D eigenvalue weighted by atomic mass is 32.1. The van der Waals surface area contributed by atoms with Crippen molar-refractivity contribution >= 4 is 21.6 Å². The number of likely N-dealkylation sites (N-methyl/N-ethyl adjacent to an activating group) is 1. The van der Waals surface area contributed by atoms with E-state index in [9.17, 15) is 0 Å². The van der Waals surface area contributed by atoms with E-state index in [1.54, 1.807) is 17.7 Å². The summed E-state index contributed by atoms with van der Waals surface area (Å²) in [6, 6.07) is 12.8. The predicted molar refractivity (Wildman–Crippen MR) is 79.4 cm³/mol. The summed E-state index contributed by atoms with van der Waals surface area (Å²) in [5.74, 6) is 0. The van der Waals surface area contributed by atoms with Crippen molar-refractivity contribution in [3.63, 3.8) is 0 Å². The Hall–Kier alpha value is -1.78. The Kier molecular flexibility index (Phi) is 3.53. The molecular formula is C15H15N3S. The zero-order valence-electron chi connectivity index (χ0n) is 10.7. The number of benzene rings is 1. The van der Waals surface area contributed by atoms with Crippen LogP contribution in [0.15, 0.2) is 48.1 Å². The Bertz CT molecular complexity index is 663. The second-order valence-electron chi connectivity index (χ2n) is 4.41. The lowest BCUT2D eigenvalue weighted by molar-refractivity contribution is 0.587. The molecule has 0 aliphatic carbocycles. The summed E-state index contributed by atoms with van der Waals surface area (Å²) >= 11 is 1.71. The first-order chi connectivity index (χ1) is 9.38. The number of nitrogens with zero attached hydrogens (tertiary/aromatic N) is 2. The normalized spacial score (nSPS) is 12.7. The average molecular weight is 269 g/mol. The molecule has 0 radical (unpaired) electrons. The highest BCUT2D eigenvalue weighted by Crippen LogP contribution is 2.25. The molecule has 0 bridgehead atoms. The van der Waals surface area contributed by atoms with Crippen LogP contribution in [0.2, 0.25) is 0 Å². The lowest BCUT2D eigenvalue weighted by Gasteiger charge is -2.16. The van der Waals surface area contributed by atoms with Gasteiger partial charge in [-0.2, -0.15) is 0 Å². The van der Waals surface area contributed by atoms with Crippen LogP contribution in [0.1, 0.15) is 17.3 Å². The molecule has 3 rings (SSSR count). The van der Waals surface area contributed by atoms with Gasteiger partial charge in [0.15, 0.2) is 0 Å². The third-order valence-electron chi connectivity index (χ3n) is 3.26. The number of rotatable bonds is 4. The molecule has 1 unspecified atom stereocenters. The Balaban J connectivity index is 1.93. The van der Waals surface area contributed by atoms with Crippen molar-refractivity contribution in [3.05, 3.63) is 59.4 Å². The average Bonchev–Trinajstić information content (AvgIpc) is 2.95. The highest BCUT2D eigenvalue weighted by molar-refractivity contribution is 7.17. The molecule has 1 N–H and O–H groups in total. The van der Waals surface area contributed by atoms with Crippen molar-refractivity contribution in [2.45, 2.75) is 12.5 Å². The number of thiophene rings is 1. The van der Waals surface area contributed by atoms with E-state index in [-0.39, 0.29) is 6.04 Å². The molecule has 0 fully saturated rings. The highest BCUT2D eigenvalue weighted by Gasteiger charge is 2.13. The van der Waals surface area contributed by atoms with Gasteiger partial charge in [0.05, 0.1) is 15.9 Å². The minimum absolute atomic E-state index is 0.279. The minimum Gasteiger partial charge on any atom is -0.313 e. The van der Waals surface area contributed by atoms with E-state index in [4.69, 9.17) is 0 Å². The molecule has 0 saturated heterocycles. The zero-order chi connectivity index (χ0) is 13.1. The van der Waals surface area contributed by atoms with Crippen LogP contribution in [0.4, 0.5) is 0 Å². The van der Waals surface area contributed by atoms with Gasteiger partial charge in [-0.05, 0) is 24.1 Å². The summed E-state index contributed by atoms with van der Waals surface area (Å²) in [6.07, 6.45) is 2.53. The maximum Gasteiger partial charge on any atom is 0.116 e. The minimum atomic E-state index is 0.279. The number of hydrogen-bond acceptors (Lipinski definition) is 4. The van der Waals surface area contributed by atoms with Crippen molar-refractivity contribution in [1.82, 2.24) is 15.3 Å². The van der Waals surface area contributed by atoms with Gasteiger partial charge >= 0.3 is 0 Å². The van der Waals surface area contributed by atoms with Gasteiger partial charge in [-0.3, -0.25) is 0 Å². The quantitative estimate of drug-likeness (QED) is 0.790. The van der Waals surface area contributed by atoms with Crippen LogP contribution in [0.25, 0.3) is 10.2 Å². The van der Waals surface area contributed by atoms with Gasteiger partial charge in [0, 0.05) is 12.5 Å². The second-order valence-corrected chi connectivity index (χ2v) is 5.33. The standard InChI is InChI=1S/C15H15N3S/c1-16-13(11-5-3-2-4-6-11)9-14-15-12(7-8-19-15)17-10-18-14/h2-8,10,13,16H,9H2,1H3. The fraction of sp³-hybridized carbons (Fsp3) is 0.200. The lowest BCUT2D eigenvalue weighted by atomic mass is 10.0. The van der Waals surface area contributed by atoms with E-state index in [2.05, 4.69) is 44.9 Å². The van der Waals surface area contributed by atoms with Crippen molar-refractivity contribution in [3.8, 4) is 0 Å². The fourth-order valence-corrected chi connectivity index (χ4v) is 3.10. The Morgan fingerprint density at radius 1 is 1.16 bits per heavy atom. The van der Waals surface area contributed by atoms with Gasteiger partial charge in [-0.15, -0.1) is 11.3 Å². The molecule has 96 valence electrons.